The molecule has 0 bridgehead atoms. The van der Waals surface area contributed by atoms with Crippen LogP contribution in [-0.2, 0) is 6.54 Å². The molecule has 0 aliphatic heterocycles. The second-order valence-electron chi connectivity index (χ2n) is 5.51. The predicted octanol–water partition coefficient (Wildman–Crippen LogP) is 2.74. The Morgan fingerprint density at radius 3 is 2.40 bits per heavy atom. The van der Waals surface area contributed by atoms with Crippen molar-refractivity contribution in [1.82, 2.24) is 16.0 Å². The summed E-state index contributed by atoms with van der Waals surface area (Å²) in [6.45, 7) is 3.80. The van der Waals surface area contributed by atoms with E-state index in [1.807, 2.05) is 12.1 Å². The zero-order chi connectivity index (χ0) is 18.1. The van der Waals surface area contributed by atoms with E-state index in [9.17, 15) is 4.79 Å². The lowest BCUT2D eigenvalue weighted by Crippen LogP contribution is -2.41. The summed E-state index contributed by atoms with van der Waals surface area (Å²) in [6.07, 6.45) is 0. The van der Waals surface area contributed by atoms with E-state index in [2.05, 4.69) is 40.0 Å². The van der Waals surface area contributed by atoms with Gasteiger partial charge in [-0.25, -0.2) is 0 Å². The third kappa shape index (κ3) is 5.80. The van der Waals surface area contributed by atoms with E-state index < -0.39 is 0 Å². The average molecular weight is 359 g/mol. The minimum atomic E-state index is -0.185. The van der Waals surface area contributed by atoms with Crippen LogP contribution in [0.1, 0.15) is 21.5 Å². The van der Waals surface area contributed by atoms with Gasteiger partial charge in [-0.3, -0.25) is 9.79 Å². The van der Waals surface area contributed by atoms with E-state index in [0.29, 0.717) is 36.2 Å². The third-order valence-corrected chi connectivity index (χ3v) is 4.08. The van der Waals surface area contributed by atoms with Gasteiger partial charge in [0.2, 0.25) is 0 Å². The number of carbonyl (C=O) groups excluding carboxylic acids is 1. The van der Waals surface area contributed by atoms with E-state index >= 15 is 0 Å². The molecule has 0 atom stereocenters. The average Bonchev–Trinajstić information content (AvgIpc) is 2.62. The SMILES string of the molecule is CN=C(NCCNC(=O)c1ccccc1Cl)NCc1ccccc1C. The third-order valence-electron chi connectivity index (χ3n) is 3.75. The fourth-order valence-corrected chi connectivity index (χ4v) is 2.53. The molecule has 0 saturated carbocycles. The number of aliphatic imine (C=N–C) groups is 1. The van der Waals surface area contributed by atoms with Gasteiger partial charge >= 0.3 is 0 Å². The molecule has 0 heterocycles. The zero-order valence-electron chi connectivity index (χ0n) is 14.5. The first-order chi connectivity index (χ1) is 12.1. The minimum absolute atomic E-state index is 0.185. The van der Waals surface area contributed by atoms with Crippen LogP contribution in [0.2, 0.25) is 5.02 Å². The van der Waals surface area contributed by atoms with Gasteiger partial charge in [0.1, 0.15) is 0 Å². The first-order valence-electron chi connectivity index (χ1n) is 8.13. The van der Waals surface area contributed by atoms with E-state index in [1.54, 1.807) is 31.3 Å². The zero-order valence-corrected chi connectivity index (χ0v) is 15.2. The topological polar surface area (TPSA) is 65.5 Å². The second-order valence-corrected chi connectivity index (χ2v) is 5.92. The van der Waals surface area contributed by atoms with Crippen LogP contribution in [0.25, 0.3) is 0 Å². The van der Waals surface area contributed by atoms with Crippen molar-refractivity contribution < 1.29 is 4.79 Å². The number of rotatable bonds is 6. The molecule has 6 heteroatoms. The molecule has 2 rings (SSSR count). The summed E-state index contributed by atoms with van der Waals surface area (Å²) in [5.41, 5.74) is 2.93. The number of amides is 1. The second kappa shape index (κ2) is 9.69. The lowest BCUT2D eigenvalue weighted by atomic mass is 10.1. The Balaban J connectivity index is 1.73. The summed E-state index contributed by atoms with van der Waals surface area (Å²) in [5.74, 6) is 0.505. The van der Waals surface area contributed by atoms with Crippen molar-refractivity contribution in [3.8, 4) is 0 Å². The molecule has 0 fully saturated rings. The molecule has 0 radical (unpaired) electrons. The summed E-state index contributed by atoms with van der Waals surface area (Å²) in [7, 11) is 1.72. The highest BCUT2D eigenvalue weighted by atomic mass is 35.5. The molecule has 132 valence electrons. The molecule has 0 saturated heterocycles. The van der Waals surface area contributed by atoms with Gasteiger partial charge in [-0.1, -0.05) is 48.0 Å². The summed E-state index contributed by atoms with van der Waals surface area (Å²) in [5, 5.41) is 9.71. The summed E-state index contributed by atoms with van der Waals surface area (Å²) >= 11 is 6.01. The molecule has 0 unspecified atom stereocenters. The molecule has 2 aromatic carbocycles. The van der Waals surface area contributed by atoms with Crippen molar-refractivity contribution in [2.45, 2.75) is 13.5 Å². The number of halogens is 1. The highest BCUT2D eigenvalue weighted by Gasteiger charge is 2.08. The maximum absolute atomic E-state index is 12.1. The summed E-state index contributed by atoms with van der Waals surface area (Å²) < 4.78 is 0. The highest BCUT2D eigenvalue weighted by Crippen LogP contribution is 2.14. The number of benzene rings is 2. The molecular formula is C19H23ClN4O. The Morgan fingerprint density at radius 1 is 1.00 bits per heavy atom. The summed E-state index contributed by atoms with van der Waals surface area (Å²) in [6, 6.07) is 15.2. The van der Waals surface area contributed by atoms with Crippen LogP contribution in [0.15, 0.2) is 53.5 Å². The maximum atomic E-state index is 12.1. The van der Waals surface area contributed by atoms with Gasteiger partial charge in [-0.05, 0) is 30.2 Å². The molecular weight excluding hydrogens is 336 g/mol. The first-order valence-corrected chi connectivity index (χ1v) is 8.51. The van der Waals surface area contributed by atoms with Crippen molar-refractivity contribution in [2.24, 2.45) is 4.99 Å². The molecule has 1 amide bonds. The van der Waals surface area contributed by atoms with Crippen molar-refractivity contribution >= 4 is 23.5 Å². The van der Waals surface area contributed by atoms with E-state index in [4.69, 9.17) is 11.6 Å². The highest BCUT2D eigenvalue weighted by molar-refractivity contribution is 6.33. The fourth-order valence-electron chi connectivity index (χ4n) is 2.31. The molecule has 3 N–H and O–H groups in total. The monoisotopic (exact) mass is 358 g/mol. The number of nitrogens with one attached hydrogen (secondary N) is 3. The van der Waals surface area contributed by atoms with Crippen molar-refractivity contribution in [2.75, 3.05) is 20.1 Å². The number of hydrogen-bond donors (Lipinski definition) is 3. The smallest absolute Gasteiger partial charge is 0.252 e. The number of hydrogen-bond acceptors (Lipinski definition) is 2. The van der Waals surface area contributed by atoms with Crippen LogP contribution in [-0.4, -0.2) is 32.0 Å². The quantitative estimate of drug-likeness (QED) is 0.422. The van der Waals surface area contributed by atoms with Gasteiger partial charge in [0, 0.05) is 26.7 Å². The maximum Gasteiger partial charge on any atom is 0.252 e. The Morgan fingerprint density at radius 2 is 1.68 bits per heavy atom. The van der Waals surface area contributed by atoms with Crippen LogP contribution in [0.5, 0.6) is 0 Å². The van der Waals surface area contributed by atoms with E-state index in [0.717, 1.165) is 0 Å². The van der Waals surface area contributed by atoms with Gasteiger partial charge in [-0.2, -0.15) is 0 Å². The molecule has 5 nitrogen and oxygen atoms in total. The fraction of sp³-hybridized carbons (Fsp3) is 0.263. The first kappa shape index (κ1) is 18.8. The van der Waals surface area contributed by atoms with Gasteiger partial charge in [0.15, 0.2) is 5.96 Å². The Bertz CT molecular complexity index is 746. The molecule has 0 spiro atoms. The molecule has 0 aliphatic carbocycles. The van der Waals surface area contributed by atoms with Crippen molar-refractivity contribution in [3.05, 3.63) is 70.2 Å². The van der Waals surface area contributed by atoms with Crippen LogP contribution >= 0.6 is 11.6 Å². The Labute approximate surface area is 153 Å². The molecule has 0 aliphatic rings. The van der Waals surface area contributed by atoms with Crippen LogP contribution in [0.4, 0.5) is 0 Å². The van der Waals surface area contributed by atoms with Crippen LogP contribution < -0.4 is 16.0 Å². The molecule has 0 aromatic heterocycles. The number of guanidine groups is 1. The standard InChI is InChI=1S/C19H23ClN4O/c1-14-7-3-4-8-15(14)13-24-19(21-2)23-12-11-22-18(25)16-9-5-6-10-17(16)20/h3-10H,11-13H2,1-2H3,(H,22,25)(H2,21,23,24). The lowest BCUT2D eigenvalue weighted by Gasteiger charge is -2.13. The largest absolute Gasteiger partial charge is 0.355 e. The molecule has 25 heavy (non-hydrogen) atoms. The normalized spacial score (nSPS) is 11.1. The Kier molecular flexibility index (Phi) is 7.29. The lowest BCUT2D eigenvalue weighted by molar-refractivity contribution is 0.0954. The van der Waals surface area contributed by atoms with Crippen molar-refractivity contribution in [3.63, 3.8) is 0 Å². The van der Waals surface area contributed by atoms with Gasteiger partial charge in [-0.15, -0.1) is 0 Å². The summed E-state index contributed by atoms with van der Waals surface area (Å²) in [4.78, 5) is 16.2. The number of carbonyl (C=O) groups is 1. The predicted molar refractivity (Wildman–Crippen MR) is 103 cm³/mol. The number of nitrogens with zero attached hydrogens (tertiary/aromatic N) is 1. The van der Waals surface area contributed by atoms with E-state index in [-0.39, 0.29) is 5.91 Å². The van der Waals surface area contributed by atoms with Gasteiger partial charge in [0.05, 0.1) is 10.6 Å². The molecule has 2 aromatic rings. The minimum Gasteiger partial charge on any atom is -0.355 e. The van der Waals surface area contributed by atoms with Crippen molar-refractivity contribution in [1.29, 1.82) is 0 Å². The van der Waals surface area contributed by atoms with Crippen LogP contribution in [0.3, 0.4) is 0 Å². The van der Waals surface area contributed by atoms with Gasteiger partial charge in [0.25, 0.3) is 5.91 Å². The van der Waals surface area contributed by atoms with Crippen LogP contribution in [0, 0.1) is 6.92 Å². The van der Waals surface area contributed by atoms with E-state index in [1.165, 1.54) is 11.1 Å². The Hall–Kier alpha value is -2.53. The number of aryl methyl sites for hydroxylation is 1. The van der Waals surface area contributed by atoms with Gasteiger partial charge < -0.3 is 16.0 Å².